The molecule has 0 bridgehead atoms. The van der Waals surface area contributed by atoms with Crippen LogP contribution in [0.5, 0.6) is 0 Å². The summed E-state index contributed by atoms with van der Waals surface area (Å²) >= 11 is 1.43. The van der Waals surface area contributed by atoms with Gasteiger partial charge in [0.1, 0.15) is 0 Å². The van der Waals surface area contributed by atoms with Crippen LogP contribution in [-0.2, 0) is 0 Å². The summed E-state index contributed by atoms with van der Waals surface area (Å²) in [5, 5.41) is 6.66. The lowest BCUT2D eigenvalue weighted by Gasteiger charge is -1.99. The van der Waals surface area contributed by atoms with E-state index in [-0.39, 0.29) is 5.91 Å². The summed E-state index contributed by atoms with van der Waals surface area (Å²) in [5.74, 6) is -0.0584. The fourth-order valence-corrected chi connectivity index (χ4v) is 1.64. The van der Waals surface area contributed by atoms with Crippen LogP contribution in [0.4, 0.5) is 5.00 Å². The van der Waals surface area contributed by atoms with Crippen LogP contribution in [0.25, 0.3) is 0 Å². The molecule has 0 aliphatic heterocycles. The number of nitrogens with one attached hydrogen (secondary N) is 2. The van der Waals surface area contributed by atoms with Crippen molar-refractivity contribution >= 4 is 22.2 Å². The van der Waals surface area contributed by atoms with E-state index in [0.717, 1.165) is 5.00 Å². The van der Waals surface area contributed by atoms with Crippen molar-refractivity contribution in [2.75, 3.05) is 25.5 Å². The van der Waals surface area contributed by atoms with E-state index < -0.39 is 0 Å². The molecule has 4 N–H and O–H groups in total. The number of anilines is 1. The third kappa shape index (κ3) is 2.71. The molecule has 1 aromatic rings. The number of nitrogens with two attached hydrogens (primary N) is 1. The Kier molecular flexibility index (Phi) is 3.72. The van der Waals surface area contributed by atoms with Gasteiger partial charge in [-0.25, -0.2) is 0 Å². The van der Waals surface area contributed by atoms with Crippen LogP contribution in [0.15, 0.2) is 12.1 Å². The van der Waals surface area contributed by atoms with Gasteiger partial charge in [-0.2, -0.15) is 0 Å². The lowest BCUT2D eigenvalue weighted by atomic mass is 10.4. The highest BCUT2D eigenvalue weighted by molar-refractivity contribution is 7.17. The van der Waals surface area contributed by atoms with Gasteiger partial charge >= 0.3 is 0 Å². The molecule has 4 nitrogen and oxygen atoms in total. The highest BCUT2D eigenvalue weighted by Crippen LogP contribution is 2.20. The second-order valence-corrected chi connectivity index (χ2v) is 3.54. The molecule has 72 valence electrons. The Morgan fingerprint density at radius 3 is 2.92 bits per heavy atom. The minimum Gasteiger partial charge on any atom is -0.380 e. The number of carbonyl (C=O) groups is 1. The SMILES string of the molecule is CNc1ccc(C(=O)NCCN)s1. The normalized spacial score (nSPS) is 9.69. The first-order chi connectivity index (χ1) is 6.27. The average Bonchev–Trinajstić information content (AvgIpc) is 2.62. The lowest BCUT2D eigenvalue weighted by Crippen LogP contribution is -2.28. The predicted molar refractivity (Wildman–Crippen MR) is 55.3 cm³/mol. The summed E-state index contributed by atoms with van der Waals surface area (Å²) in [6, 6.07) is 3.67. The fourth-order valence-electron chi connectivity index (χ4n) is 0.867. The highest BCUT2D eigenvalue weighted by Gasteiger charge is 2.06. The van der Waals surface area contributed by atoms with E-state index in [2.05, 4.69) is 10.6 Å². The molecule has 0 unspecified atom stereocenters. The first-order valence-electron chi connectivity index (χ1n) is 4.03. The highest BCUT2D eigenvalue weighted by atomic mass is 32.1. The van der Waals surface area contributed by atoms with E-state index >= 15 is 0 Å². The van der Waals surface area contributed by atoms with E-state index in [9.17, 15) is 4.79 Å². The lowest BCUT2D eigenvalue weighted by molar-refractivity contribution is 0.0959. The van der Waals surface area contributed by atoms with Gasteiger partial charge in [0.15, 0.2) is 0 Å². The van der Waals surface area contributed by atoms with Crippen molar-refractivity contribution in [3.05, 3.63) is 17.0 Å². The van der Waals surface area contributed by atoms with Crippen LogP contribution in [0.1, 0.15) is 9.67 Å². The zero-order valence-electron chi connectivity index (χ0n) is 7.46. The van der Waals surface area contributed by atoms with Crippen molar-refractivity contribution in [1.29, 1.82) is 0 Å². The minimum atomic E-state index is -0.0584. The molecule has 1 rings (SSSR count). The molecule has 0 aliphatic carbocycles. The molecule has 0 radical (unpaired) electrons. The molecular formula is C8H13N3OS. The van der Waals surface area contributed by atoms with Gasteiger partial charge in [-0.05, 0) is 12.1 Å². The Hall–Kier alpha value is -1.07. The van der Waals surface area contributed by atoms with Gasteiger partial charge in [0.05, 0.1) is 9.88 Å². The van der Waals surface area contributed by atoms with Crippen LogP contribution < -0.4 is 16.4 Å². The van der Waals surface area contributed by atoms with Gasteiger partial charge in [0.2, 0.25) is 0 Å². The van der Waals surface area contributed by atoms with Gasteiger partial charge < -0.3 is 16.4 Å². The molecule has 0 aromatic carbocycles. The van der Waals surface area contributed by atoms with E-state index in [0.29, 0.717) is 18.0 Å². The van der Waals surface area contributed by atoms with Crippen molar-refractivity contribution in [3.8, 4) is 0 Å². The van der Waals surface area contributed by atoms with Crippen molar-refractivity contribution in [3.63, 3.8) is 0 Å². The van der Waals surface area contributed by atoms with Crippen molar-refractivity contribution < 1.29 is 4.79 Å². The molecular weight excluding hydrogens is 186 g/mol. The first-order valence-corrected chi connectivity index (χ1v) is 4.85. The molecule has 5 heteroatoms. The average molecular weight is 199 g/mol. The number of hydrogen-bond acceptors (Lipinski definition) is 4. The topological polar surface area (TPSA) is 67.2 Å². The molecule has 1 heterocycles. The Balaban J connectivity index is 2.55. The molecule has 0 aliphatic rings. The summed E-state index contributed by atoms with van der Waals surface area (Å²) in [7, 11) is 1.83. The van der Waals surface area contributed by atoms with Gasteiger partial charge in [-0.15, -0.1) is 11.3 Å². The second-order valence-electron chi connectivity index (χ2n) is 2.46. The summed E-state index contributed by atoms with van der Waals surface area (Å²) in [4.78, 5) is 12.1. The predicted octanol–water partition coefficient (Wildman–Crippen LogP) is 0.478. The number of thiophene rings is 1. The maximum Gasteiger partial charge on any atom is 0.261 e. The molecule has 13 heavy (non-hydrogen) atoms. The van der Waals surface area contributed by atoms with E-state index in [1.165, 1.54) is 11.3 Å². The Morgan fingerprint density at radius 2 is 2.38 bits per heavy atom. The molecule has 1 aromatic heterocycles. The second kappa shape index (κ2) is 4.84. The van der Waals surface area contributed by atoms with Crippen LogP contribution in [0.2, 0.25) is 0 Å². The fraction of sp³-hybridized carbons (Fsp3) is 0.375. The van der Waals surface area contributed by atoms with Gasteiger partial charge in [-0.3, -0.25) is 4.79 Å². The molecule has 1 amide bonds. The number of hydrogen-bond donors (Lipinski definition) is 3. The van der Waals surface area contributed by atoms with Crippen LogP contribution in [0, 0.1) is 0 Å². The van der Waals surface area contributed by atoms with Gasteiger partial charge in [0.25, 0.3) is 5.91 Å². The van der Waals surface area contributed by atoms with Crippen LogP contribution in [-0.4, -0.2) is 26.0 Å². The van der Waals surface area contributed by atoms with E-state index in [1.807, 2.05) is 13.1 Å². The minimum absolute atomic E-state index is 0.0584. The summed E-state index contributed by atoms with van der Waals surface area (Å²) < 4.78 is 0. The number of carbonyl (C=O) groups excluding carboxylic acids is 1. The largest absolute Gasteiger partial charge is 0.380 e. The van der Waals surface area contributed by atoms with Crippen molar-refractivity contribution in [2.45, 2.75) is 0 Å². The maximum absolute atomic E-state index is 11.3. The zero-order chi connectivity index (χ0) is 9.68. The van der Waals surface area contributed by atoms with Crippen LogP contribution >= 0.6 is 11.3 Å². The molecule has 0 fully saturated rings. The van der Waals surface area contributed by atoms with E-state index in [4.69, 9.17) is 5.73 Å². The summed E-state index contributed by atoms with van der Waals surface area (Å²) in [5.41, 5.74) is 5.26. The monoisotopic (exact) mass is 199 g/mol. The number of rotatable bonds is 4. The van der Waals surface area contributed by atoms with E-state index in [1.54, 1.807) is 6.07 Å². The Morgan fingerprint density at radius 1 is 1.62 bits per heavy atom. The number of amides is 1. The smallest absolute Gasteiger partial charge is 0.261 e. The Bertz CT molecular complexity index is 285. The van der Waals surface area contributed by atoms with Crippen molar-refractivity contribution in [2.24, 2.45) is 5.73 Å². The van der Waals surface area contributed by atoms with Crippen molar-refractivity contribution in [1.82, 2.24) is 5.32 Å². The standard InChI is InChI=1S/C8H13N3OS/c1-10-7-3-2-6(13-7)8(12)11-5-4-9/h2-3,10H,4-5,9H2,1H3,(H,11,12). The molecule has 0 saturated heterocycles. The third-order valence-electron chi connectivity index (χ3n) is 1.51. The van der Waals surface area contributed by atoms with Crippen LogP contribution in [0.3, 0.4) is 0 Å². The van der Waals surface area contributed by atoms with Gasteiger partial charge in [0, 0.05) is 20.1 Å². The van der Waals surface area contributed by atoms with Gasteiger partial charge in [-0.1, -0.05) is 0 Å². The maximum atomic E-state index is 11.3. The summed E-state index contributed by atoms with van der Waals surface area (Å²) in [6.07, 6.45) is 0. The zero-order valence-corrected chi connectivity index (χ0v) is 8.28. The third-order valence-corrected chi connectivity index (χ3v) is 2.61. The molecule has 0 saturated carbocycles. The quantitative estimate of drug-likeness (QED) is 0.660. The Labute approximate surface area is 81.1 Å². The molecule has 0 atom stereocenters. The summed E-state index contributed by atoms with van der Waals surface area (Å²) in [6.45, 7) is 0.988. The molecule has 0 spiro atoms. The first kappa shape index (κ1) is 10.0.